The number of primary amides is 1. The fraction of sp³-hybridized carbons (Fsp3) is 0.125. The Balaban J connectivity index is 2.61. The lowest BCUT2D eigenvalue weighted by atomic mass is 10.1. The van der Waals surface area contributed by atoms with Gasteiger partial charge in [0.15, 0.2) is 0 Å². The third-order valence-corrected chi connectivity index (χ3v) is 4.99. The number of nitrogens with two attached hydrogens (primary N) is 1. The molecule has 0 radical (unpaired) electrons. The number of nitrogens with zero attached hydrogens (tertiary/aromatic N) is 2. The molecule has 0 unspecified atom stereocenters. The molecule has 4 N–H and O–H groups in total. The number of carbonyl (C=O) groups excluding carboxylic acids is 1. The van der Waals surface area contributed by atoms with Crippen LogP contribution in [0.4, 0.5) is 33.7 Å². The van der Waals surface area contributed by atoms with Crippen molar-refractivity contribution in [2.24, 2.45) is 5.73 Å². The van der Waals surface area contributed by atoms with Gasteiger partial charge in [0.25, 0.3) is 10.0 Å². The molecule has 0 aliphatic rings. The summed E-state index contributed by atoms with van der Waals surface area (Å²) in [7, 11) is -3.02. The molecule has 0 bridgehead atoms. The van der Waals surface area contributed by atoms with E-state index in [9.17, 15) is 30.8 Å². The number of sulfonamides is 1. The minimum absolute atomic E-state index is 0.323. The first-order valence-corrected chi connectivity index (χ1v) is 9.09. The highest BCUT2D eigenvalue weighted by Crippen LogP contribution is 2.36. The van der Waals surface area contributed by atoms with E-state index in [0.29, 0.717) is 17.0 Å². The van der Waals surface area contributed by atoms with Gasteiger partial charge in [-0.25, -0.2) is 23.0 Å². The molecular formula is C16H13F4N5O3S. The number of amides is 2. The van der Waals surface area contributed by atoms with Gasteiger partial charge < -0.3 is 5.73 Å². The average molecular weight is 431 g/mol. The summed E-state index contributed by atoms with van der Waals surface area (Å²) < 4.78 is 77.7. The summed E-state index contributed by atoms with van der Waals surface area (Å²) in [6, 6.07) is 4.92. The molecular weight excluding hydrogens is 418 g/mol. The number of alkyl halides is 3. The Morgan fingerprint density at radius 1 is 1.17 bits per heavy atom. The molecule has 0 atom stereocenters. The predicted molar refractivity (Wildman–Crippen MR) is 93.7 cm³/mol. The number of halogens is 4. The van der Waals surface area contributed by atoms with Gasteiger partial charge in [0.1, 0.15) is 10.7 Å². The number of nitriles is 1. The smallest absolute Gasteiger partial charge is 0.351 e. The Morgan fingerprint density at radius 2 is 1.76 bits per heavy atom. The number of hydrogen-bond acceptors (Lipinski definition) is 5. The number of urea groups is 1. The number of benzene rings is 2. The minimum atomic E-state index is -4.90. The van der Waals surface area contributed by atoms with E-state index >= 15 is 0 Å². The Morgan fingerprint density at radius 3 is 2.24 bits per heavy atom. The van der Waals surface area contributed by atoms with Crippen molar-refractivity contribution in [2.45, 2.75) is 11.1 Å². The van der Waals surface area contributed by atoms with Crippen LogP contribution in [0.5, 0.6) is 0 Å². The van der Waals surface area contributed by atoms with Gasteiger partial charge in [-0.05, 0) is 43.4 Å². The maximum Gasteiger partial charge on any atom is 0.417 e. The van der Waals surface area contributed by atoms with E-state index in [1.54, 1.807) is 0 Å². The summed E-state index contributed by atoms with van der Waals surface area (Å²) in [6.07, 6.45) is -4.90. The van der Waals surface area contributed by atoms with Crippen LogP contribution in [0.1, 0.15) is 11.1 Å². The zero-order chi connectivity index (χ0) is 22.0. The summed E-state index contributed by atoms with van der Waals surface area (Å²) >= 11 is 0. The molecule has 0 aromatic heterocycles. The van der Waals surface area contributed by atoms with Crippen LogP contribution in [0.2, 0.25) is 0 Å². The molecule has 0 fully saturated rings. The number of carbonyl (C=O) groups is 1. The SMILES string of the molecule is CNNS(=O)(=O)c1ccc(N(C(N)=O)c2ccc(C#N)c(C(F)(F)F)c2)cc1F. The third-order valence-electron chi connectivity index (χ3n) is 3.61. The zero-order valence-electron chi connectivity index (χ0n) is 14.6. The standard InChI is InChI=1S/C16H13F4N5O3S/c1-23-24-29(27,28)14-5-4-11(7-13(14)17)25(15(22)26)10-3-2-9(8-21)12(6-10)16(18,19)20/h2-7,23-24H,1H3,(H2,22,26). The van der Waals surface area contributed by atoms with Gasteiger partial charge >= 0.3 is 12.2 Å². The van der Waals surface area contributed by atoms with Crippen LogP contribution in [-0.2, 0) is 16.2 Å². The van der Waals surface area contributed by atoms with Gasteiger partial charge in [-0.1, -0.05) is 0 Å². The number of anilines is 2. The summed E-state index contributed by atoms with van der Waals surface area (Å²) in [5.74, 6) is -1.28. The first-order valence-electron chi connectivity index (χ1n) is 7.61. The zero-order valence-corrected chi connectivity index (χ0v) is 15.4. The van der Waals surface area contributed by atoms with Crippen molar-refractivity contribution in [1.82, 2.24) is 10.3 Å². The van der Waals surface area contributed by atoms with Crippen molar-refractivity contribution in [3.63, 3.8) is 0 Å². The van der Waals surface area contributed by atoms with Gasteiger partial charge in [0.2, 0.25) is 0 Å². The van der Waals surface area contributed by atoms with Gasteiger partial charge in [-0.3, -0.25) is 4.90 Å². The van der Waals surface area contributed by atoms with Gasteiger partial charge in [0, 0.05) is 0 Å². The molecule has 2 aromatic rings. The van der Waals surface area contributed by atoms with E-state index < -0.39 is 49.8 Å². The van der Waals surface area contributed by atoms with Crippen LogP contribution < -0.4 is 20.9 Å². The number of rotatable bonds is 5. The van der Waals surface area contributed by atoms with Crippen molar-refractivity contribution in [1.29, 1.82) is 5.26 Å². The van der Waals surface area contributed by atoms with Crippen LogP contribution in [0, 0.1) is 17.1 Å². The second-order valence-electron chi connectivity index (χ2n) is 5.48. The van der Waals surface area contributed by atoms with Crippen LogP contribution in [0.25, 0.3) is 0 Å². The Bertz CT molecular complexity index is 1100. The molecule has 8 nitrogen and oxygen atoms in total. The maximum absolute atomic E-state index is 14.3. The molecule has 2 amide bonds. The van der Waals surface area contributed by atoms with E-state index in [1.165, 1.54) is 13.1 Å². The second kappa shape index (κ2) is 8.03. The summed E-state index contributed by atoms with van der Waals surface area (Å²) in [5, 5.41) is 8.85. The maximum atomic E-state index is 14.3. The molecule has 29 heavy (non-hydrogen) atoms. The first kappa shape index (κ1) is 22.1. The highest BCUT2D eigenvalue weighted by molar-refractivity contribution is 7.89. The van der Waals surface area contributed by atoms with E-state index in [-0.39, 0.29) is 5.69 Å². The molecule has 2 aromatic carbocycles. The van der Waals surface area contributed by atoms with E-state index in [4.69, 9.17) is 11.0 Å². The summed E-state index contributed by atoms with van der Waals surface area (Å²) in [4.78, 5) is 13.5. The lowest BCUT2D eigenvalue weighted by Crippen LogP contribution is -2.35. The van der Waals surface area contributed by atoms with Crippen molar-refractivity contribution in [2.75, 3.05) is 11.9 Å². The summed E-state index contributed by atoms with van der Waals surface area (Å²) in [6.45, 7) is 0. The highest BCUT2D eigenvalue weighted by atomic mass is 32.2. The molecule has 0 heterocycles. The lowest BCUT2D eigenvalue weighted by molar-refractivity contribution is -0.137. The van der Waals surface area contributed by atoms with Gasteiger partial charge in [0.05, 0.1) is 28.6 Å². The molecule has 0 saturated carbocycles. The molecule has 154 valence electrons. The molecule has 0 spiro atoms. The van der Waals surface area contributed by atoms with Crippen LogP contribution in [-0.4, -0.2) is 21.5 Å². The molecule has 0 saturated heterocycles. The van der Waals surface area contributed by atoms with Crippen LogP contribution in [0.3, 0.4) is 0 Å². The molecule has 0 aliphatic carbocycles. The first-order chi connectivity index (χ1) is 13.4. The largest absolute Gasteiger partial charge is 0.417 e. The lowest BCUT2D eigenvalue weighted by Gasteiger charge is -2.22. The molecule has 2 rings (SSSR count). The fourth-order valence-corrected chi connectivity index (χ4v) is 3.38. The number of hydrogen-bond donors (Lipinski definition) is 3. The third kappa shape index (κ3) is 4.62. The predicted octanol–water partition coefficient (Wildman–Crippen LogP) is 2.35. The van der Waals surface area contributed by atoms with Crippen molar-refractivity contribution in [3.05, 3.63) is 53.3 Å². The topological polar surface area (TPSA) is 128 Å². The number of nitrogens with one attached hydrogen (secondary N) is 2. The molecule has 13 heteroatoms. The van der Waals surface area contributed by atoms with Gasteiger partial charge in [-0.15, -0.1) is 4.83 Å². The Hall–Kier alpha value is -3.21. The van der Waals surface area contributed by atoms with Crippen LogP contribution >= 0.6 is 0 Å². The second-order valence-corrected chi connectivity index (χ2v) is 7.13. The van der Waals surface area contributed by atoms with Crippen molar-refractivity contribution >= 4 is 27.4 Å². The van der Waals surface area contributed by atoms with E-state index in [2.05, 4.69) is 5.43 Å². The molecule has 0 aliphatic heterocycles. The van der Waals surface area contributed by atoms with Crippen molar-refractivity contribution in [3.8, 4) is 6.07 Å². The Labute approximate surface area is 162 Å². The van der Waals surface area contributed by atoms with E-state index in [1.807, 2.05) is 4.83 Å². The summed E-state index contributed by atoms with van der Waals surface area (Å²) in [5.41, 5.74) is 4.63. The van der Waals surface area contributed by atoms with Crippen molar-refractivity contribution < 1.29 is 30.8 Å². The monoisotopic (exact) mass is 431 g/mol. The fourth-order valence-electron chi connectivity index (χ4n) is 2.44. The quantitative estimate of drug-likeness (QED) is 0.495. The Kier molecular flexibility index (Phi) is 6.12. The minimum Gasteiger partial charge on any atom is -0.351 e. The average Bonchev–Trinajstić information content (AvgIpc) is 2.60. The highest BCUT2D eigenvalue weighted by Gasteiger charge is 2.35. The van der Waals surface area contributed by atoms with Crippen LogP contribution in [0.15, 0.2) is 41.3 Å². The number of hydrazine groups is 1. The van der Waals surface area contributed by atoms with Gasteiger partial charge in [-0.2, -0.15) is 18.4 Å². The normalized spacial score (nSPS) is 11.7. The van der Waals surface area contributed by atoms with E-state index in [0.717, 1.165) is 24.3 Å².